The van der Waals surface area contributed by atoms with E-state index in [-0.39, 0.29) is 11.4 Å². The summed E-state index contributed by atoms with van der Waals surface area (Å²) < 4.78 is 1.00. The lowest BCUT2D eigenvalue weighted by atomic mass is 9.78. The maximum Gasteiger partial charge on any atom is 0.261 e. The summed E-state index contributed by atoms with van der Waals surface area (Å²) in [7, 11) is 0. The van der Waals surface area contributed by atoms with E-state index in [2.05, 4.69) is 28.2 Å². The number of thiophene rings is 1. The molecule has 1 N–H and O–H groups in total. The minimum atomic E-state index is 0.0492. The molecule has 0 aliphatic heterocycles. The quantitative estimate of drug-likeness (QED) is 0.881. The van der Waals surface area contributed by atoms with Gasteiger partial charge in [0.15, 0.2) is 0 Å². The van der Waals surface area contributed by atoms with E-state index in [4.69, 9.17) is 0 Å². The molecule has 14 heavy (non-hydrogen) atoms. The van der Waals surface area contributed by atoms with Gasteiger partial charge in [-0.1, -0.05) is 0 Å². The number of hydrogen-bond acceptors (Lipinski definition) is 2. The van der Waals surface area contributed by atoms with Crippen LogP contribution in [0.25, 0.3) is 0 Å². The molecule has 1 heterocycles. The first-order valence-corrected chi connectivity index (χ1v) is 6.28. The Labute approximate surface area is 95.8 Å². The molecule has 2 rings (SSSR count). The predicted octanol–water partition coefficient (Wildman–Crippen LogP) is 3.18. The van der Waals surface area contributed by atoms with Gasteiger partial charge in [-0.15, -0.1) is 11.3 Å². The summed E-state index contributed by atoms with van der Waals surface area (Å²) in [5.41, 5.74) is 0.0492. The topological polar surface area (TPSA) is 29.1 Å². The lowest BCUT2D eigenvalue weighted by molar-refractivity contribution is 0.0855. The molecule has 1 aliphatic rings. The van der Waals surface area contributed by atoms with Gasteiger partial charge in [-0.2, -0.15) is 0 Å². The van der Waals surface area contributed by atoms with E-state index in [0.717, 1.165) is 21.5 Å². The van der Waals surface area contributed by atoms with E-state index in [1.165, 1.54) is 17.8 Å². The molecule has 1 aliphatic carbocycles. The largest absolute Gasteiger partial charge is 0.346 e. The standard InChI is InChI=1S/C10H12BrNOS/c1-10(5-2-6-10)12-9(13)7-3-4-8(11)14-7/h3-4H,2,5-6H2,1H3,(H,12,13). The lowest BCUT2D eigenvalue weighted by Gasteiger charge is -2.38. The highest BCUT2D eigenvalue weighted by Crippen LogP contribution is 2.32. The number of nitrogens with one attached hydrogen (secondary N) is 1. The van der Waals surface area contributed by atoms with Crippen molar-refractivity contribution in [3.05, 3.63) is 20.8 Å². The first-order valence-electron chi connectivity index (χ1n) is 4.67. The third kappa shape index (κ3) is 2.01. The molecule has 0 atom stereocenters. The molecular weight excluding hydrogens is 262 g/mol. The molecule has 0 unspecified atom stereocenters. The van der Waals surface area contributed by atoms with E-state index in [0.29, 0.717) is 0 Å². The number of carbonyl (C=O) groups is 1. The molecular formula is C10H12BrNOS. The molecule has 0 aromatic carbocycles. The van der Waals surface area contributed by atoms with Crippen molar-refractivity contribution < 1.29 is 4.79 Å². The Hall–Kier alpha value is -0.350. The fourth-order valence-electron chi connectivity index (χ4n) is 1.60. The molecule has 0 radical (unpaired) electrons. The molecule has 1 amide bonds. The van der Waals surface area contributed by atoms with Gasteiger partial charge < -0.3 is 5.32 Å². The average molecular weight is 274 g/mol. The lowest BCUT2D eigenvalue weighted by Crippen LogP contribution is -2.50. The number of amides is 1. The van der Waals surface area contributed by atoms with Crippen molar-refractivity contribution in [1.82, 2.24) is 5.32 Å². The van der Waals surface area contributed by atoms with Crippen LogP contribution in [0.2, 0.25) is 0 Å². The maximum absolute atomic E-state index is 11.7. The zero-order valence-electron chi connectivity index (χ0n) is 7.97. The molecule has 1 aromatic heterocycles. The van der Waals surface area contributed by atoms with Crippen LogP contribution in [0.1, 0.15) is 35.9 Å². The van der Waals surface area contributed by atoms with Crippen LogP contribution in [0.5, 0.6) is 0 Å². The molecule has 1 saturated carbocycles. The molecule has 0 saturated heterocycles. The van der Waals surface area contributed by atoms with Crippen LogP contribution in [0.3, 0.4) is 0 Å². The van der Waals surface area contributed by atoms with Crippen molar-refractivity contribution in [1.29, 1.82) is 0 Å². The van der Waals surface area contributed by atoms with Gasteiger partial charge in [0.05, 0.1) is 8.66 Å². The fourth-order valence-corrected chi connectivity index (χ4v) is 2.89. The van der Waals surface area contributed by atoms with Crippen LogP contribution in [-0.4, -0.2) is 11.4 Å². The number of carbonyl (C=O) groups excluding carboxylic acids is 1. The van der Waals surface area contributed by atoms with Crippen LogP contribution in [0, 0.1) is 0 Å². The molecule has 0 bridgehead atoms. The predicted molar refractivity (Wildman–Crippen MR) is 61.7 cm³/mol. The van der Waals surface area contributed by atoms with Gasteiger partial charge >= 0.3 is 0 Å². The smallest absolute Gasteiger partial charge is 0.261 e. The second-order valence-electron chi connectivity index (χ2n) is 3.97. The highest BCUT2D eigenvalue weighted by atomic mass is 79.9. The Balaban J connectivity index is 2.02. The Kier molecular flexibility index (Phi) is 2.66. The molecule has 2 nitrogen and oxygen atoms in total. The Morgan fingerprint density at radius 2 is 2.29 bits per heavy atom. The van der Waals surface area contributed by atoms with Crippen LogP contribution >= 0.6 is 27.3 Å². The Morgan fingerprint density at radius 3 is 2.71 bits per heavy atom. The van der Waals surface area contributed by atoms with E-state index in [9.17, 15) is 4.79 Å². The molecule has 1 aromatic rings. The third-order valence-electron chi connectivity index (χ3n) is 2.67. The van der Waals surface area contributed by atoms with Gasteiger partial charge in [0.25, 0.3) is 5.91 Å². The summed E-state index contributed by atoms with van der Waals surface area (Å²) in [6.45, 7) is 2.11. The first kappa shape index (κ1) is 10.2. The zero-order valence-corrected chi connectivity index (χ0v) is 10.4. The number of hydrogen-bond donors (Lipinski definition) is 1. The third-order valence-corrected chi connectivity index (χ3v) is 4.29. The highest BCUT2D eigenvalue weighted by molar-refractivity contribution is 9.11. The molecule has 4 heteroatoms. The number of rotatable bonds is 2. The van der Waals surface area contributed by atoms with Gasteiger partial charge in [0.2, 0.25) is 0 Å². The van der Waals surface area contributed by atoms with Crippen LogP contribution in [-0.2, 0) is 0 Å². The number of halogens is 1. The van der Waals surface area contributed by atoms with E-state index >= 15 is 0 Å². The van der Waals surface area contributed by atoms with Crippen molar-refractivity contribution in [2.24, 2.45) is 0 Å². The van der Waals surface area contributed by atoms with Gasteiger partial charge in [0.1, 0.15) is 0 Å². The maximum atomic E-state index is 11.7. The summed E-state index contributed by atoms with van der Waals surface area (Å²) >= 11 is 4.83. The summed E-state index contributed by atoms with van der Waals surface area (Å²) in [4.78, 5) is 12.5. The molecule has 76 valence electrons. The van der Waals surface area contributed by atoms with Gasteiger partial charge in [0, 0.05) is 5.54 Å². The SMILES string of the molecule is CC1(NC(=O)c2ccc(Br)s2)CCC1. The second-order valence-corrected chi connectivity index (χ2v) is 6.44. The van der Waals surface area contributed by atoms with Gasteiger partial charge in [-0.25, -0.2) is 0 Å². The zero-order chi connectivity index (χ0) is 10.2. The van der Waals surface area contributed by atoms with Crippen molar-refractivity contribution in [2.75, 3.05) is 0 Å². The van der Waals surface area contributed by atoms with E-state index in [1.54, 1.807) is 0 Å². The van der Waals surface area contributed by atoms with Crippen molar-refractivity contribution in [2.45, 2.75) is 31.7 Å². The fraction of sp³-hybridized carbons (Fsp3) is 0.500. The van der Waals surface area contributed by atoms with Crippen molar-refractivity contribution in [3.63, 3.8) is 0 Å². The normalized spacial score (nSPS) is 18.7. The summed E-state index contributed by atoms with van der Waals surface area (Å²) in [5, 5.41) is 3.07. The highest BCUT2D eigenvalue weighted by Gasteiger charge is 2.33. The summed E-state index contributed by atoms with van der Waals surface area (Å²) in [6.07, 6.45) is 3.43. The molecule has 1 fully saturated rings. The monoisotopic (exact) mass is 273 g/mol. The first-order chi connectivity index (χ1) is 6.59. The van der Waals surface area contributed by atoms with Gasteiger partial charge in [-0.05, 0) is 54.2 Å². The van der Waals surface area contributed by atoms with Crippen LogP contribution in [0.4, 0.5) is 0 Å². The summed E-state index contributed by atoms with van der Waals surface area (Å²) in [6, 6.07) is 3.76. The summed E-state index contributed by atoms with van der Waals surface area (Å²) in [5.74, 6) is 0.0582. The minimum absolute atomic E-state index is 0.0492. The Bertz CT molecular complexity index is 357. The Morgan fingerprint density at radius 1 is 1.57 bits per heavy atom. The average Bonchev–Trinajstić information content (AvgIpc) is 2.49. The van der Waals surface area contributed by atoms with Crippen molar-refractivity contribution in [3.8, 4) is 0 Å². The van der Waals surface area contributed by atoms with E-state index < -0.39 is 0 Å². The van der Waals surface area contributed by atoms with E-state index in [1.807, 2.05) is 12.1 Å². The molecule has 0 spiro atoms. The van der Waals surface area contributed by atoms with Crippen LogP contribution < -0.4 is 5.32 Å². The van der Waals surface area contributed by atoms with Gasteiger partial charge in [-0.3, -0.25) is 4.79 Å². The minimum Gasteiger partial charge on any atom is -0.346 e. The second kappa shape index (κ2) is 3.66. The van der Waals surface area contributed by atoms with Crippen molar-refractivity contribution >= 4 is 33.2 Å². The van der Waals surface area contributed by atoms with Crippen LogP contribution in [0.15, 0.2) is 15.9 Å².